The summed E-state index contributed by atoms with van der Waals surface area (Å²) < 4.78 is 57.1. The van der Waals surface area contributed by atoms with Gasteiger partial charge >= 0.3 is 5.97 Å². The molecule has 0 aliphatic rings. The summed E-state index contributed by atoms with van der Waals surface area (Å²) in [5, 5.41) is 1.96. The smallest absolute Gasteiger partial charge is 0.338 e. The Labute approximate surface area is 148 Å². The summed E-state index contributed by atoms with van der Waals surface area (Å²) in [5.74, 6) is -3.88. The summed E-state index contributed by atoms with van der Waals surface area (Å²) in [4.78, 5) is 23.5. The van der Waals surface area contributed by atoms with E-state index in [1.54, 1.807) is 0 Å². The van der Waals surface area contributed by atoms with Gasteiger partial charge in [0.15, 0.2) is 6.61 Å². The van der Waals surface area contributed by atoms with E-state index < -0.39 is 45.8 Å². The van der Waals surface area contributed by atoms with Crippen molar-refractivity contribution in [1.29, 1.82) is 0 Å². The van der Waals surface area contributed by atoms with Gasteiger partial charge in [0.1, 0.15) is 17.3 Å². The summed E-state index contributed by atoms with van der Waals surface area (Å²) in [7, 11) is -2.54. The Morgan fingerprint density at radius 2 is 1.69 bits per heavy atom. The monoisotopic (exact) mass is 384 g/mol. The number of sulfonamides is 1. The maximum Gasteiger partial charge on any atom is 0.338 e. The molecule has 2 rings (SSSR count). The lowest BCUT2D eigenvalue weighted by molar-refractivity contribution is -0.119. The van der Waals surface area contributed by atoms with E-state index in [0.29, 0.717) is 0 Å². The standard InChI is InChI=1S/C16H14F2N2O5S/c1-19-26(23,24)11-5-2-4-10(8-11)16(22)25-9-14(21)20-15-12(17)6-3-7-13(15)18/h2-8,19H,9H2,1H3,(H,20,21). The zero-order valence-corrected chi connectivity index (χ0v) is 14.3. The highest BCUT2D eigenvalue weighted by molar-refractivity contribution is 7.89. The average Bonchev–Trinajstić information content (AvgIpc) is 2.63. The molecular weight excluding hydrogens is 370 g/mol. The molecule has 0 bridgehead atoms. The van der Waals surface area contributed by atoms with E-state index in [0.717, 1.165) is 24.3 Å². The molecule has 2 N–H and O–H groups in total. The zero-order valence-electron chi connectivity index (χ0n) is 13.5. The number of carbonyl (C=O) groups is 2. The number of hydrogen-bond acceptors (Lipinski definition) is 5. The lowest BCUT2D eigenvalue weighted by Gasteiger charge is -2.09. The maximum atomic E-state index is 13.4. The molecule has 138 valence electrons. The van der Waals surface area contributed by atoms with Gasteiger partial charge in [0, 0.05) is 0 Å². The third-order valence-corrected chi connectivity index (χ3v) is 4.62. The number of hydrogen-bond donors (Lipinski definition) is 2. The Hall–Kier alpha value is -2.85. The molecular formula is C16H14F2N2O5S. The highest BCUT2D eigenvalue weighted by Gasteiger charge is 2.17. The van der Waals surface area contributed by atoms with Crippen LogP contribution in [0.5, 0.6) is 0 Å². The second-order valence-corrected chi connectivity index (χ2v) is 6.84. The molecule has 1 amide bonds. The molecule has 0 spiro atoms. The fraction of sp³-hybridized carbons (Fsp3) is 0.125. The molecule has 26 heavy (non-hydrogen) atoms. The third kappa shape index (κ3) is 4.61. The minimum absolute atomic E-state index is 0.105. The number of halogens is 2. The second kappa shape index (κ2) is 8.02. The van der Waals surface area contributed by atoms with E-state index in [9.17, 15) is 26.8 Å². The summed E-state index contributed by atoms with van der Waals surface area (Å²) >= 11 is 0. The molecule has 0 saturated heterocycles. The van der Waals surface area contributed by atoms with E-state index in [1.165, 1.54) is 25.2 Å². The normalized spacial score (nSPS) is 11.0. The van der Waals surface area contributed by atoms with Crippen molar-refractivity contribution < 1.29 is 31.5 Å². The van der Waals surface area contributed by atoms with Crippen molar-refractivity contribution in [2.24, 2.45) is 0 Å². The quantitative estimate of drug-likeness (QED) is 0.738. The van der Waals surface area contributed by atoms with Gasteiger partial charge in [-0.25, -0.2) is 26.7 Å². The first kappa shape index (κ1) is 19.5. The minimum Gasteiger partial charge on any atom is -0.452 e. The Morgan fingerprint density at radius 3 is 2.31 bits per heavy atom. The van der Waals surface area contributed by atoms with Crippen molar-refractivity contribution in [3.8, 4) is 0 Å². The van der Waals surface area contributed by atoms with Crippen LogP contribution in [0.25, 0.3) is 0 Å². The SMILES string of the molecule is CNS(=O)(=O)c1cccc(C(=O)OCC(=O)Nc2c(F)cccc2F)c1. The molecule has 0 radical (unpaired) electrons. The summed E-state index contributed by atoms with van der Waals surface area (Å²) in [6, 6.07) is 8.02. The van der Waals surface area contributed by atoms with Gasteiger partial charge in [-0.05, 0) is 37.4 Å². The molecule has 0 aromatic heterocycles. The van der Waals surface area contributed by atoms with Crippen LogP contribution in [-0.4, -0.2) is 33.9 Å². The first-order valence-corrected chi connectivity index (χ1v) is 8.67. The number of amides is 1. The van der Waals surface area contributed by atoms with Crippen LogP contribution in [0, 0.1) is 11.6 Å². The number of rotatable bonds is 6. The number of carbonyl (C=O) groups excluding carboxylic acids is 2. The third-order valence-electron chi connectivity index (χ3n) is 3.21. The fourth-order valence-corrected chi connectivity index (χ4v) is 2.69. The van der Waals surface area contributed by atoms with Crippen LogP contribution in [0.1, 0.15) is 10.4 Å². The summed E-state index contributed by atoms with van der Waals surface area (Å²) in [6.07, 6.45) is 0. The van der Waals surface area contributed by atoms with Gasteiger partial charge in [-0.1, -0.05) is 12.1 Å². The Morgan fingerprint density at radius 1 is 1.08 bits per heavy atom. The molecule has 2 aromatic carbocycles. The van der Waals surface area contributed by atoms with Gasteiger partial charge in [0.25, 0.3) is 5.91 Å². The molecule has 0 atom stereocenters. The van der Waals surface area contributed by atoms with E-state index in [2.05, 4.69) is 4.72 Å². The molecule has 0 aliphatic carbocycles. The molecule has 0 unspecified atom stereocenters. The number of para-hydroxylation sites is 1. The average molecular weight is 384 g/mol. The van der Waals surface area contributed by atoms with Crippen molar-refractivity contribution in [3.63, 3.8) is 0 Å². The molecule has 7 nitrogen and oxygen atoms in total. The van der Waals surface area contributed by atoms with E-state index >= 15 is 0 Å². The topological polar surface area (TPSA) is 102 Å². The number of nitrogens with one attached hydrogen (secondary N) is 2. The first-order valence-electron chi connectivity index (χ1n) is 7.19. The van der Waals surface area contributed by atoms with Crippen molar-refractivity contribution in [2.45, 2.75) is 4.90 Å². The largest absolute Gasteiger partial charge is 0.452 e. The minimum atomic E-state index is -3.76. The van der Waals surface area contributed by atoms with Gasteiger partial charge in [-0.3, -0.25) is 4.79 Å². The van der Waals surface area contributed by atoms with Gasteiger partial charge < -0.3 is 10.1 Å². The van der Waals surface area contributed by atoms with Crippen molar-refractivity contribution in [1.82, 2.24) is 4.72 Å². The van der Waals surface area contributed by atoms with E-state index in [4.69, 9.17) is 4.74 Å². The van der Waals surface area contributed by atoms with Crippen LogP contribution in [0.4, 0.5) is 14.5 Å². The molecule has 0 saturated carbocycles. The van der Waals surface area contributed by atoms with Crippen LogP contribution < -0.4 is 10.0 Å². The molecule has 10 heteroatoms. The lowest BCUT2D eigenvalue weighted by Crippen LogP contribution is -2.22. The van der Waals surface area contributed by atoms with Crippen molar-refractivity contribution >= 4 is 27.6 Å². The van der Waals surface area contributed by atoms with Gasteiger partial charge in [0.05, 0.1) is 10.5 Å². The molecule has 0 heterocycles. The van der Waals surface area contributed by atoms with Gasteiger partial charge in [0.2, 0.25) is 10.0 Å². The predicted molar refractivity (Wildman–Crippen MR) is 88.0 cm³/mol. The molecule has 0 aliphatic heterocycles. The Balaban J connectivity index is 2.03. The van der Waals surface area contributed by atoms with Crippen LogP contribution in [-0.2, 0) is 19.6 Å². The lowest BCUT2D eigenvalue weighted by atomic mass is 10.2. The fourth-order valence-electron chi connectivity index (χ4n) is 1.92. The Bertz CT molecular complexity index is 927. The van der Waals surface area contributed by atoms with Crippen molar-refractivity contribution in [2.75, 3.05) is 19.0 Å². The maximum absolute atomic E-state index is 13.4. The summed E-state index contributed by atoms with van der Waals surface area (Å²) in [5.41, 5.74) is -0.762. The van der Waals surface area contributed by atoms with Crippen LogP contribution in [0.3, 0.4) is 0 Å². The number of ether oxygens (including phenoxy) is 1. The number of esters is 1. The Kier molecular flexibility index (Phi) is 6.01. The molecule has 0 fully saturated rings. The zero-order chi connectivity index (χ0) is 19.3. The van der Waals surface area contributed by atoms with Crippen LogP contribution >= 0.6 is 0 Å². The van der Waals surface area contributed by atoms with Crippen molar-refractivity contribution in [3.05, 3.63) is 59.7 Å². The number of anilines is 1. The summed E-state index contributed by atoms with van der Waals surface area (Å²) in [6.45, 7) is -0.810. The second-order valence-electron chi connectivity index (χ2n) is 4.96. The van der Waals surface area contributed by atoms with Crippen LogP contribution in [0.2, 0.25) is 0 Å². The van der Waals surface area contributed by atoms with Gasteiger partial charge in [-0.15, -0.1) is 0 Å². The van der Waals surface area contributed by atoms with Gasteiger partial charge in [-0.2, -0.15) is 0 Å². The molecule has 2 aromatic rings. The van der Waals surface area contributed by atoms with E-state index in [1.807, 2.05) is 5.32 Å². The predicted octanol–water partition coefficient (Wildman–Crippen LogP) is 1.67. The number of benzene rings is 2. The first-order chi connectivity index (χ1) is 12.2. The highest BCUT2D eigenvalue weighted by Crippen LogP contribution is 2.18. The highest BCUT2D eigenvalue weighted by atomic mass is 32.2. The van der Waals surface area contributed by atoms with Crippen LogP contribution in [0.15, 0.2) is 47.4 Å². The van der Waals surface area contributed by atoms with E-state index in [-0.39, 0.29) is 10.5 Å².